The van der Waals surface area contributed by atoms with Crippen LogP contribution >= 0.6 is 0 Å². The third-order valence-electron chi connectivity index (χ3n) is 4.18. The van der Waals surface area contributed by atoms with E-state index in [1.165, 1.54) is 6.07 Å². The molecule has 0 saturated heterocycles. The van der Waals surface area contributed by atoms with Crippen molar-refractivity contribution >= 4 is 27.3 Å². The molecule has 8 nitrogen and oxygen atoms in total. The van der Waals surface area contributed by atoms with Crippen LogP contribution in [0.3, 0.4) is 0 Å². The Labute approximate surface area is 156 Å². The molecule has 0 atom stereocenters. The summed E-state index contributed by atoms with van der Waals surface area (Å²) < 4.78 is 26.7. The van der Waals surface area contributed by atoms with Crippen molar-refractivity contribution in [3.8, 4) is 11.3 Å². The lowest BCUT2D eigenvalue weighted by Crippen LogP contribution is -2.18. The standard InChI is InChI=1S/C18H17N5O3S/c24-18(20-14-5-1-3-12(9-14)17-11-19-23-21-17)13-4-2-6-15(10-13)22-27(25,26)16-7-8-16/h1-6,9-11,16,22H,7-8H2,(H,20,24)(H,19,21,23). The molecule has 0 unspecified atom stereocenters. The molecule has 1 aliphatic carbocycles. The molecule has 1 aromatic heterocycles. The Balaban J connectivity index is 1.50. The molecule has 9 heteroatoms. The quantitative estimate of drug-likeness (QED) is 0.605. The lowest BCUT2D eigenvalue weighted by molar-refractivity contribution is 0.102. The van der Waals surface area contributed by atoms with E-state index in [0.29, 0.717) is 35.5 Å². The highest BCUT2D eigenvalue weighted by Crippen LogP contribution is 2.30. The number of sulfonamides is 1. The van der Waals surface area contributed by atoms with Gasteiger partial charge < -0.3 is 5.32 Å². The van der Waals surface area contributed by atoms with Gasteiger partial charge in [0.15, 0.2) is 0 Å². The van der Waals surface area contributed by atoms with Crippen molar-refractivity contribution in [2.75, 3.05) is 10.0 Å². The molecule has 0 spiro atoms. The first-order chi connectivity index (χ1) is 13.0. The Kier molecular flexibility index (Phi) is 4.36. The summed E-state index contributed by atoms with van der Waals surface area (Å²) >= 11 is 0. The summed E-state index contributed by atoms with van der Waals surface area (Å²) in [6.45, 7) is 0. The lowest BCUT2D eigenvalue weighted by Gasteiger charge is -2.10. The van der Waals surface area contributed by atoms with Crippen molar-refractivity contribution in [3.63, 3.8) is 0 Å². The fourth-order valence-electron chi connectivity index (χ4n) is 2.65. The Morgan fingerprint density at radius 1 is 1.07 bits per heavy atom. The monoisotopic (exact) mass is 383 g/mol. The predicted molar refractivity (Wildman–Crippen MR) is 102 cm³/mol. The summed E-state index contributed by atoms with van der Waals surface area (Å²) in [5.74, 6) is -0.334. The normalized spacial score (nSPS) is 13.9. The van der Waals surface area contributed by atoms with Crippen molar-refractivity contribution in [1.29, 1.82) is 0 Å². The van der Waals surface area contributed by atoms with Gasteiger partial charge in [-0.25, -0.2) is 8.42 Å². The number of benzene rings is 2. The second kappa shape index (κ2) is 6.84. The number of carbonyl (C=O) groups excluding carboxylic acids is 1. The lowest BCUT2D eigenvalue weighted by atomic mass is 10.1. The summed E-state index contributed by atoms with van der Waals surface area (Å²) in [5, 5.41) is 12.8. The second-order valence-corrected chi connectivity index (χ2v) is 8.28. The van der Waals surface area contributed by atoms with E-state index in [9.17, 15) is 13.2 Å². The zero-order chi connectivity index (χ0) is 18.9. The van der Waals surface area contributed by atoms with Crippen LogP contribution in [-0.2, 0) is 10.0 Å². The van der Waals surface area contributed by atoms with Gasteiger partial charge in [0.05, 0.1) is 11.4 Å². The Hall–Kier alpha value is -3.20. The zero-order valence-electron chi connectivity index (χ0n) is 14.2. The number of H-pyrrole nitrogens is 1. The predicted octanol–water partition coefficient (Wildman–Crippen LogP) is 2.63. The maximum atomic E-state index is 12.6. The third kappa shape index (κ3) is 3.98. The minimum absolute atomic E-state index is 0.325. The maximum Gasteiger partial charge on any atom is 0.255 e. The molecule has 138 valence electrons. The minimum Gasteiger partial charge on any atom is -0.322 e. The van der Waals surface area contributed by atoms with E-state index in [-0.39, 0.29) is 11.2 Å². The van der Waals surface area contributed by atoms with Crippen LogP contribution in [0.25, 0.3) is 11.3 Å². The third-order valence-corrected chi connectivity index (χ3v) is 6.05. The molecule has 0 aliphatic heterocycles. The van der Waals surface area contributed by atoms with Gasteiger partial charge in [-0.15, -0.1) is 0 Å². The fraction of sp³-hybridized carbons (Fsp3) is 0.167. The Bertz CT molecular complexity index is 1080. The van der Waals surface area contributed by atoms with Crippen molar-refractivity contribution < 1.29 is 13.2 Å². The summed E-state index contributed by atoms with van der Waals surface area (Å²) in [7, 11) is -3.37. The molecular formula is C18H17N5O3S. The molecule has 1 aliphatic rings. The number of carbonyl (C=O) groups is 1. The molecular weight excluding hydrogens is 366 g/mol. The van der Waals surface area contributed by atoms with Crippen LogP contribution in [0.15, 0.2) is 54.7 Å². The number of aromatic nitrogens is 3. The highest BCUT2D eigenvalue weighted by Gasteiger charge is 2.35. The number of rotatable bonds is 6. The number of aromatic amines is 1. The van der Waals surface area contributed by atoms with Crippen LogP contribution in [0.5, 0.6) is 0 Å². The minimum atomic E-state index is -3.37. The van der Waals surface area contributed by atoms with Gasteiger partial charge in [0.25, 0.3) is 5.91 Å². The van der Waals surface area contributed by atoms with Gasteiger partial charge in [0.2, 0.25) is 10.0 Å². The molecule has 3 N–H and O–H groups in total. The van der Waals surface area contributed by atoms with Crippen LogP contribution in [-0.4, -0.2) is 35.0 Å². The highest BCUT2D eigenvalue weighted by molar-refractivity contribution is 7.93. The van der Waals surface area contributed by atoms with Gasteiger partial charge in [-0.3, -0.25) is 9.52 Å². The number of hydrogen-bond acceptors (Lipinski definition) is 5. The summed E-state index contributed by atoms with van der Waals surface area (Å²) in [6, 6.07) is 13.6. The number of hydrogen-bond donors (Lipinski definition) is 3. The maximum absolute atomic E-state index is 12.6. The fourth-order valence-corrected chi connectivity index (χ4v) is 4.03. The smallest absolute Gasteiger partial charge is 0.255 e. The van der Waals surface area contributed by atoms with Crippen molar-refractivity contribution in [2.24, 2.45) is 0 Å². The summed E-state index contributed by atoms with van der Waals surface area (Å²) in [5.41, 5.74) is 2.82. The molecule has 2 aromatic carbocycles. The molecule has 1 amide bonds. The van der Waals surface area contributed by atoms with E-state index in [1.54, 1.807) is 42.6 Å². The molecule has 0 bridgehead atoms. The van der Waals surface area contributed by atoms with Gasteiger partial charge in [-0.2, -0.15) is 15.4 Å². The Morgan fingerprint density at radius 3 is 2.59 bits per heavy atom. The molecule has 1 saturated carbocycles. The van der Waals surface area contributed by atoms with E-state index in [2.05, 4.69) is 25.4 Å². The van der Waals surface area contributed by atoms with Gasteiger partial charge in [0, 0.05) is 22.5 Å². The van der Waals surface area contributed by atoms with E-state index in [1.807, 2.05) is 6.07 Å². The SMILES string of the molecule is O=C(Nc1cccc(-c2cn[nH]n2)c1)c1cccc(NS(=O)(=O)C2CC2)c1. The molecule has 27 heavy (non-hydrogen) atoms. The van der Waals surface area contributed by atoms with Crippen LogP contribution in [0.2, 0.25) is 0 Å². The van der Waals surface area contributed by atoms with Crippen LogP contribution in [0.4, 0.5) is 11.4 Å². The van der Waals surface area contributed by atoms with E-state index >= 15 is 0 Å². The number of anilines is 2. The zero-order valence-corrected chi connectivity index (χ0v) is 15.0. The topological polar surface area (TPSA) is 117 Å². The molecule has 0 radical (unpaired) electrons. The van der Waals surface area contributed by atoms with Gasteiger partial charge >= 0.3 is 0 Å². The molecule has 1 heterocycles. The van der Waals surface area contributed by atoms with Crippen molar-refractivity contribution in [1.82, 2.24) is 15.4 Å². The first kappa shape index (κ1) is 17.2. The molecule has 1 fully saturated rings. The van der Waals surface area contributed by atoms with Gasteiger partial charge in [-0.1, -0.05) is 18.2 Å². The highest BCUT2D eigenvalue weighted by atomic mass is 32.2. The van der Waals surface area contributed by atoms with Gasteiger partial charge in [-0.05, 0) is 43.2 Å². The first-order valence-corrected chi connectivity index (χ1v) is 9.95. The number of nitrogens with one attached hydrogen (secondary N) is 3. The van der Waals surface area contributed by atoms with E-state index in [4.69, 9.17) is 0 Å². The average molecular weight is 383 g/mol. The number of amides is 1. The van der Waals surface area contributed by atoms with Crippen LogP contribution in [0.1, 0.15) is 23.2 Å². The first-order valence-electron chi connectivity index (χ1n) is 8.40. The Morgan fingerprint density at radius 2 is 1.85 bits per heavy atom. The number of nitrogens with zero attached hydrogens (tertiary/aromatic N) is 2. The summed E-state index contributed by atoms with van der Waals surface area (Å²) in [6.07, 6.45) is 2.95. The average Bonchev–Trinajstić information content (AvgIpc) is 3.38. The van der Waals surface area contributed by atoms with Crippen LogP contribution < -0.4 is 10.0 Å². The van der Waals surface area contributed by atoms with E-state index in [0.717, 1.165) is 5.56 Å². The largest absolute Gasteiger partial charge is 0.322 e. The van der Waals surface area contributed by atoms with Crippen LogP contribution in [0, 0.1) is 0 Å². The summed E-state index contributed by atoms with van der Waals surface area (Å²) in [4.78, 5) is 12.6. The van der Waals surface area contributed by atoms with Gasteiger partial charge in [0.1, 0.15) is 5.69 Å². The molecule has 3 aromatic rings. The second-order valence-electron chi connectivity index (χ2n) is 6.32. The van der Waals surface area contributed by atoms with Crippen molar-refractivity contribution in [2.45, 2.75) is 18.1 Å². The van der Waals surface area contributed by atoms with Crippen molar-refractivity contribution in [3.05, 3.63) is 60.3 Å². The van der Waals surface area contributed by atoms with E-state index < -0.39 is 10.0 Å². The molecule has 4 rings (SSSR count).